The van der Waals surface area contributed by atoms with Crippen molar-refractivity contribution in [2.45, 2.75) is 136 Å². The second-order valence-corrected chi connectivity index (χ2v) is 26.2. The number of rotatable bonds is 7. The Balaban J connectivity index is 1.07. The number of pyridine rings is 1. The average Bonchev–Trinajstić information content (AvgIpc) is 3.88. The van der Waals surface area contributed by atoms with Crippen LogP contribution in [0.5, 0.6) is 11.5 Å². The van der Waals surface area contributed by atoms with E-state index in [9.17, 15) is 0 Å². The van der Waals surface area contributed by atoms with E-state index in [1.165, 1.54) is 72.2 Å². The van der Waals surface area contributed by atoms with Gasteiger partial charge in [0, 0.05) is 6.20 Å². The number of aromatic nitrogens is 4. The maximum absolute atomic E-state index is 6.94. The fourth-order valence-corrected chi connectivity index (χ4v) is 12.4. The van der Waals surface area contributed by atoms with Gasteiger partial charge in [0.25, 0.3) is 0 Å². The van der Waals surface area contributed by atoms with Crippen molar-refractivity contribution in [3.05, 3.63) is 201 Å². The summed E-state index contributed by atoms with van der Waals surface area (Å²) in [5.74, 6) is 2.56. The Morgan fingerprint density at radius 2 is 1.13 bits per heavy atom. The van der Waals surface area contributed by atoms with E-state index in [0.29, 0.717) is 17.4 Å². The monoisotopic (exact) mass is 1170 g/mol. The molecule has 10 aromatic rings. The third-order valence-corrected chi connectivity index (χ3v) is 16.7. The molecule has 384 valence electrons. The Morgan fingerprint density at radius 3 is 1.81 bits per heavy atom. The van der Waals surface area contributed by atoms with Crippen molar-refractivity contribution in [3.8, 4) is 45.3 Å². The summed E-state index contributed by atoms with van der Waals surface area (Å²) in [6.45, 7) is 29.9. The molecule has 0 saturated carbocycles. The topological polar surface area (TPSA) is 36.9 Å². The van der Waals surface area contributed by atoms with Crippen molar-refractivity contribution in [2.24, 2.45) is 0 Å². The molecule has 3 heterocycles. The van der Waals surface area contributed by atoms with E-state index in [0.717, 1.165) is 44.4 Å². The van der Waals surface area contributed by atoms with Crippen LogP contribution >= 0.6 is 0 Å². The molecule has 0 N–H and O–H groups in total. The van der Waals surface area contributed by atoms with Crippen molar-refractivity contribution in [2.75, 3.05) is 0 Å². The first-order chi connectivity index (χ1) is 35.5. The number of para-hydroxylation sites is 3. The average molecular weight is 1170 g/mol. The molecule has 1 aliphatic rings. The van der Waals surface area contributed by atoms with Crippen LogP contribution < -0.4 is 4.74 Å². The molecule has 0 radical (unpaired) electrons. The molecule has 6 heteroatoms. The molecule has 0 saturated heterocycles. The number of ether oxygens (including phenoxy) is 1. The van der Waals surface area contributed by atoms with Crippen molar-refractivity contribution < 1.29 is 24.1 Å². The molecular formula is C69H70N4OPt-2. The summed E-state index contributed by atoms with van der Waals surface area (Å²) >= 11 is 2.62. The van der Waals surface area contributed by atoms with Crippen LogP contribution in [0.25, 0.3) is 66.6 Å². The molecule has 7 aromatic carbocycles. The van der Waals surface area contributed by atoms with Crippen LogP contribution in [0.15, 0.2) is 152 Å². The minimum absolute atomic E-state index is 0.00653. The second kappa shape index (κ2) is 18.6. The van der Waals surface area contributed by atoms with Gasteiger partial charge >= 0.3 is 353 Å². The third kappa shape index (κ3) is 9.28. The van der Waals surface area contributed by atoms with E-state index >= 15 is 0 Å². The fourth-order valence-electron chi connectivity index (χ4n) is 11.2. The normalized spacial score (nSPS) is 15.5. The Hall–Kier alpha value is -6.55. The van der Waals surface area contributed by atoms with E-state index < -0.39 is 0 Å². The van der Waals surface area contributed by atoms with Gasteiger partial charge in [-0.25, -0.2) is 4.98 Å². The van der Waals surface area contributed by atoms with Gasteiger partial charge in [0.05, 0.1) is 0 Å². The van der Waals surface area contributed by atoms with Crippen molar-refractivity contribution >= 4 is 32.8 Å². The summed E-state index contributed by atoms with van der Waals surface area (Å²) < 4.78 is 15.5. The van der Waals surface area contributed by atoms with Crippen LogP contribution in [-0.4, -0.2) is 18.7 Å². The van der Waals surface area contributed by atoms with Gasteiger partial charge in [0.2, 0.25) is 0 Å². The second-order valence-electron chi connectivity index (χ2n) is 25.1. The van der Waals surface area contributed by atoms with Gasteiger partial charge in [-0.3, -0.25) is 0 Å². The van der Waals surface area contributed by atoms with Gasteiger partial charge in [-0.1, -0.05) is 53.7 Å². The standard InChI is InChI=1S/C69H70N4O.Pt/c1-44-26-32-59(58-41-51(28-30-53(44)58)74-52-29-31-56-57-39-47(66(2,3)4)27-33-60(57)73(63(56)42-52)64-40-48(34-35-70-64)67(5,6)7)71-43-72(62-25-18-17-24-61(62)71)65-54(45-20-15-14-16-21-45)22-19-23-55(65)46-36-49(68(8,9)10)38-50(37-46)69(11,12)13;/h14-25,27-31,33-40,44,59H,26,32H2,1-13H3;/q-2;. The first-order valence-electron chi connectivity index (χ1n) is 26.8. The molecule has 5 nitrogen and oxygen atoms in total. The van der Waals surface area contributed by atoms with Crippen LogP contribution in [0.2, 0.25) is 0 Å². The van der Waals surface area contributed by atoms with Crippen molar-refractivity contribution in [3.63, 3.8) is 0 Å². The van der Waals surface area contributed by atoms with E-state index in [1.54, 1.807) is 0 Å². The molecule has 2 atom stereocenters. The van der Waals surface area contributed by atoms with Crippen LogP contribution in [0.3, 0.4) is 0 Å². The number of fused-ring (bicyclic) bond motifs is 5. The summed E-state index contributed by atoms with van der Waals surface area (Å²) in [5.41, 5.74) is 17.9. The summed E-state index contributed by atoms with van der Waals surface area (Å²) in [7, 11) is 0. The van der Waals surface area contributed by atoms with Gasteiger partial charge in [0.15, 0.2) is 0 Å². The fraction of sp³-hybridized carbons (Fsp3) is 0.304. The van der Waals surface area contributed by atoms with E-state index in [1.807, 2.05) is 6.20 Å². The molecule has 11 rings (SSSR count). The van der Waals surface area contributed by atoms with E-state index in [4.69, 9.17) is 9.72 Å². The van der Waals surface area contributed by atoms with Gasteiger partial charge in [-0.15, -0.1) is 0 Å². The zero-order valence-electron chi connectivity index (χ0n) is 46.0. The number of imidazole rings is 1. The summed E-state index contributed by atoms with van der Waals surface area (Å²) in [6, 6.07) is 61.6. The molecule has 3 aromatic heterocycles. The molecule has 0 aliphatic heterocycles. The number of benzene rings is 7. The van der Waals surface area contributed by atoms with Gasteiger partial charge < -0.3 is 0 Å². The SMILES string of the molecule is CC1CCC(n2[c](=[Pt])n(-c3c(-c4ccccc4)cccc3-c3cc(C(C)(C)C)cc(C(C)(C)C)c3)c3ccccc32)c2[c-]c(Oc3[c-]c4c(cc3)c3cc(C(C)(C)C)ccc3n4-c3cc(C(C)(C)C)ccn3)ccc21. The summed E-state index contributed by atoms with van der Waals surface area (Å²) in [6.07, 6.45) is 3.96. The predicted octanol–water partition coefficient (Wildman–Crippen LogP) is 18.4. The van der Waals surface area contributed by atoms with E-state index in [-0.39, 0.29) is 27.7 Å². The summed E-state index contributed by atoms with van der Waals surface area (Å²) in [5, 5.41) is 2.29. The minimum atomic E-state index is -0.0402. The molecule has 0 amide bonds. The van der Waals surface area contributed by atoms with Crippen LogP contribution in [0.1, 0.15) is 148 Å². The van der Waals surface area contributed by atoms with Crippen LogP contribution in [0, 0.1) is 15.9 Å². The quantitative estimate of drug-likeness (QED) is 0.149. The van der Waals surface area contributed by atoms with Crippen molar-refractivity contribution in [1.82, 2.24) is 18.7 Å². The Labute approximate surface area is 455 Å². The molecule has 0 spiro atoms. The molecule has 75 heavy (non-hydrogen) atoms. The molecule has 0 bridgehead atoms. The van der Waals surface area contributed by atoms with E-state index in [2.05, 4.69) is 281 Å². The Morgan fingerprint density at radius 1 is 0.520 bits per heavy atom. The molecule has 0 fully saturated rings. The van der Waals surface area contributed by atoms with Gasteiger partial charge in [-0.05, 0) is 40.2 Å². The first kappa shape index (κ1) is 50.6. The number of hydrogen-bond acceptors (Lipinski definition) is 2. The van der Waals surface area contributed by atoms with Gasteiger partial charge in [-0.2, -0.15) is 0 Å². The zero-order chi connectivity index (χ0) is 52.9. The summed E-state index contributed by atoms with van der Waals surface area (Å²) in [4.78, 5) is 4.98. The first-order valence-corrected chi connectivity index (χ1v) is 27.9. The molecular weight excluding hydrogens is 1100 g/mol. The van der Waals surface area contributed by atoms with Crippen LogP contribution in [0.4, 0.5) is 0 Å². The Kier molecular flexibility index (Phi) is 12.6. The predicted molar refractivity (Wildman–Crippen MR) is 309 cm³/mol. The third-order valence-electron chi connectivity index (χ3n) is 15.7. The van der Waals surface area contributed by atoms with Crippen molar-refractivity contribution in [1.29, 1.82) is 0 Å². The number of nitrogens with zero attached hydrogens (tertiary/aromatic N) is 4. The van der Waals surface area contributed by atoms with Crippen LogP contribution in [-0.2, 0) is 41.0 Å². The number of hydrogen-bond donors (Lipinski definition) is 0. The zero-order valence-corrected chi connectivity index (χ0v) is 48.3. The van der Waals surface area contributed by atoms with Gasteiger partial charge in [0.1, 0.15) is 0 Å². The Bertz CT molecular complexity index is 3860. The molecule has 1 aliphatic carbocycles. The maximum atomic E-state index is 6.94. The molecule has 2 unspecified atom stereocenters.